The zero-order chi connectivity index (χ0) is 36.1. The Kier molecular flexibility index (Phi) is 6.48. The maximum absolute atomic E-state index is 5.41. The van der Waals surface area contributed by atoms with E-state index in [2.05, 4.69) is 187 Å². The minimum absolute atomic E-state index is 0.488. The summed E-state index contributed by atoms with van der Waals surface area (Å²) < 4.78 is 2.39. The lowest BCUT2D eigenvalue weighted by atomic mass is 9.67. The van der Waals surface area contributed by atoms with Gasteiger partial charge in [-0.05, 0) is 68.4 Å². The molecule has 0 N–H and O–H groups in total. The van der Waals surface area contributed by atoms with Crippen molar-refractivity contribution in [3.8, 4) is 39.6 Å². The number of fused-ring (bicyclic) bond motifs is 14. The molecule has 0 fully saturated rings. The second-order valence-corrected chi connectivity index (χ2v) is 15.6. The van der Waals surface area contributed by atoms with Gasteiger partial charge in [-0.3, -0.25) is 4.57 Å². The molecule has 0 unspecified atom stereocenters. The van der Waals surface area contributed by atoms with Gasteiger partial charge in [0.2, 0.25) is 0 Å². The summed E-state index contributed by atoms with van der Waals surface area (Å²) in [6.45, 7) is 0. The standard InChI is InChI=1S/C51H31N3S/c1-3-16-33(17-4-1)43-31-48(53-50(52-43)34-18-5-2-6-19-34)54-44-28-27-32-15-7-8-20-35(32)49(44)38-29-47-42(30-45(38)54)51(41-25-13-14-26-46(41)55-47)39-23-11-9-21-36(39)37-22-10-12-24-40(37)51/h1-31H. The van der Waals surface area contributed by atoms with Gasteiger partial charge in [0.1, 0.15) is 5.82 Å². The summed E-state index contributed by atoms with van der Waals surface area (Å²) in [7, 11) is 0. The number of rotatable bonds is 3. The van der Waals surface area contributed by atoms with Gasteiger partial charge in [-0.15, -0.1) is 0 Å². The maximum Gasteiger partial charge on any atom is 0.162 e. The van der Waals surface area contributed by atoms with Gasteiger partial charge in [0, 0.05) is 37.8 Å². The normalized spacial score (nSPS) is 13.5. The molecule has 55 heavy (non-hydrogen) atoms. The van der Waals surface area contributed by atoms with Crippen LogP contribution in [-0.4, -0.2) is 14.5 Å². The van der Waals surface area contributed by atoms with Gasteiger partial charge in [0.15, 0.2) is 5.82 Å². The third-order valence-electron chi connectivity index (χ3n) is 11.7. The van der Waals surface area contributed by atoms with E-state index in [1.54, 1.807) is 0 Å². The SMILES string of the molecule is c1ccc(-c2cc(-n3c4cc5c(cc4c4c6ccccc6ccc43)Sc3ccccc3C53c4ccccc4-c4ccccc43)nc(-c3ccccc3)n2)cc1. The summed E-state index contributed by atoms with van der Waals surface area (Å²) in [5.41, 5.74) is 12.6. The Bertz CT molecular complexity index is 3080. The average Bonchev–Trinajstić information content (AvgIpc) is 3.74. The van der Waals surface area contributed by atoms with Crippen molar-refractivity contribution in [2.24, 2.45) is 0 Å². The third kappa shape index (κ3) is 4.29. The fourth-order valence-electron chi connectivity index (χ4n) is 9.40. The van der Waals surface area contributed by atoms with Crippen LogP contribution in [0.25, 0.3) is 72.2 Å². The van der Waals surface area contributed by atoms with Crippen molar-refractivity contribution in [1.29, 1.82) is 0 Å². The van der Waals surface area contributed by atoms with E-state index in [4.69, 9.17) is 9.97 Å². The first-order valence-corrected chi connectivity index (χ1v) is 19.6. The molecule has 1 aliphatic heterocycles. The van der Waals surface area contributed by atoms with Gasteiger partial charge in [-0.25, -0.2) is 9.97 Å². The second kappa shape index (κ2) is 11.6. The van der Waals surface area contributed by atoms with E-state index in [9.17, 15) is 0 Å². The van der Waals surface area contributed by atoms with E-state index in [-0.39, 0.29) is 0 Å². The number of hydrogen-bond donors (Lipinski definition) is 0. The minimum atomic E-state index is -0.488. The molecule has 8 aromatic carbocycles. The highest BCUT2D eigenvalue weighted by atomic mass is 32.2. The number of aromatic nitrogens is 3. The van der Waals surface area contributed by atoms with Crippen LogP contribution in [0.5, 0.6) is 0 Å². The summed E-state index contributed by atoms with van der Waals surface area (Å²) in [5.74, 6) is 1.54. The fourth-order valence-corrected chi connectivity index (χ4v) is 10.6. The van der Waals surface area contributed by atoms with Crippen molar-refractivity contribution in [2.75, 3.05) is 0 Å². The topological polar surface area (TPSA) is 30.7 Å². The Labute approximate surface area is 322 Å². The molecule has 0 saturated carbocycles. The molecule has 0 amide bonds. The zero-order valence-corrected chi connectivity index (χ0v) is 30.5. The first-order chi connectivity index (χ1) is 27.3. The van der Waals surface area contributed by atoms with E-state index < -0.39 is 5.41 Å². The van der Waals surface area contributed by atoms with Crippen LogP contribution in [0.3, 0.4) is 0 Å². The van der Waals surface area contributed by atoms with Crippen LogP contribution in [0.1, 0.15) is 22.3 Å². The van der Waals surface area contributed by atoms with Crippen LogP contribution in [0.15, 0.2) is 198 Å². The molecular weight excluding hydrogens is 687 g/mol. The summed E-state index contributed by atoms with van der Waals surface area (Å²) in [6.07, 6.45) is 0. The van der Waals surface area contributed by atoms with Gasteiger partial charge >= 0.3 is 0 Å². The Morgan fingerprint density at radius 3 is 1.84 bits per heavy atom. The molecule has 2 aromatic heterocycles. The van der Waals surface area contributed by atoms with Crippen LogP contribution in [0, 0.1) is 0 Å². The molecule has 0 atom stereocenters. The van der Waals surface area contributed by atoms with Gasteiger partial charge in [0.25, 0.3) is 0 Å². The van der Waals surface area contributed by atoms with Crippen molar-refractivity contribution in [3.63, 3.8) is 0 Å². The molecule has 0 bridgehead atoms. The monoisotopic (exact) mass is 717 g/mol. The van der Waals surface area contributed by atoms with Crippen molar-refractivity contribution >= 4 is 44.3 Å². The lowest BCUT2D eigenvalue weighted by Crippen LogP contribution is -2.32. The quantitative estimate of drug-likeness (QED) is 0.182. The molecule has 4 heteroatoms. The molecule has 1 aliphatic carbocycles. The highest BCUT2D eigenvalue weighted by molar-refractivity contribution is 7.99. The molecule has 3 heterocycles. The predicted octanol–water partition coefficient (Wildman–Crippen LogP) is 12.9. The molecule has 0 radical (unpaired) electrons. The van der Waals surface area contributed by atoms with Crippen LogP contribution in [0.2, 0.25) is 0 Å². The summed E-state index contributed by atoms with van der Waals surface area (Å²) >= 11 is 1.89. The Morgan fingerprint density at radius 2 is 1.07 bits per heavy atom. The second-order valence-electron chi connectivity index (χ2n) is 14.5. The van der Waals surface area contributed by atoms with Crippen molar-refractivity contribution in [1.82, 2.24) is 14.5 Å². The van der Waals surface area contributed by atoms with Crippen molar-refractivity contribution in [3.05, 3.63) is 210 Å². The van der Waals surface area contributed by atoms with E-state index in [0.717, 1.165) is 33.7 Å². The van der Waals surface area contributed by atoms with Crippen LogP contribution in [0.4, 0.5) is 0 Å². The molecule has 0 saturated heterocycles. The Hall–Kier alpha value is -6.75. The lowest BCUT2D eigenvalue weighted by Gasteiger charge is -2.39. The summed E-state index contributed by atoms with van der Waals surface area (Å²) in [4.78, 5) is 13.2. The van der Waals surface area contributed by atoms with Crippen LogP contribution in [-0.2, 0) is 5.41 Å². The summed E-state index contributed by atoms with van der Waals surface area (Å²) in [5, 5.41) is 4.90. The van der Waals surface area contributed by atoms with E-state index in [1.165, 1.54) is 64.7 Å². The van der Waals surface area contributed by atoms with Gasteiger partial charge < -0.3 is 0 Å². The highest BCUT2D eigenvalue weighted by Gasteiger charge is 2.50. The predicted molar refractivity (Wildman–Crippen MR) is 226 cm³/mol. The van der Waals surface area contributed by atoms with Gasteiger partial charge in [-0.1, -0.05) is 169 Å². The Morgan fingerprint density at radius 1 is 0.436 bits per heavy atom. The molecule has 12 rings (SSSR count). The Balaban J connectivity index is 1.25. The molecular formula is C51H31N3S. The molecule has 2 aliphatic rings. The van der Waals surface area contributed by atoms with Crippen LogP contribution < -0.4 is 0 Å². The fraction of sp³-hybridized carbons (Fsp3) is 0.0196. The van der Waals surface area contributed by atoms with Crippen molar-refractivity contribution in [2.45, 2.75) is 15.2 Å². The third-order valence-corrected chi connectivity index (χ3v) is 12.8. The van der Waals surface area contributed by atoms with Gasteiger partial charge in [-0.2, -0.15) is 0 Å². The highest BCUT2D eigenvalue weighted by Crippen LogP contribution is 2.62. The zero-order valence-electron chi connectivity index (χ0n) is 29.6. The first kappa shape index (κ1) is 30.7. The van der Waals surface area contributed by atoms with Crippen LogP contribution >= 0.6 is 11.8 Å². The van der Waals surface area contributed by atoms with E-state index >= 15 is 0 Å². The number of hydrogen-bond acceptors (Lipinski definition) is 3. The maximum atomic E-state index is 5.41. The van der Waals surface area contributed by atoms with Crippen molar-refractivity contribution < 1.29 is 0 Å². The summed E-state index contributed by atoms with van der Waals surface area (Å²) in [6, 6.07) is 68.3. The molecule has 1 spiro atoms. The molecule has 3 nitrogen and oxygen atoms in total. The molecule has 10 aromatic rings. The lowest BCUT2D eigenvalue weighted by molar-refractivity contribution is 0.723. The minimum Gasteiger partial charge on any atom is -0.294 e. The molecule has 256 valence electrons. The number of nitrogens with zero attached hydrogens (tertiary/aromatic N) is 3. The average molecular weight is 718 g/mol. The van der Waals surface area contributed by atoms with E-state index in [0.29, 0.717) is 5.82 Å². The first-order valence-electron chi connectivity index (χ1n) is 18.7. The number of benzene rings is 8. The largest absolute Gasteiger partial charge is 0.294 e. The van der Waals surface area contributed by atoms with E-state index in [1.807, 2.05) is 17.8 Å². The smallest absolute Gasteiger partial charge is 0.162 e. The van der Waals surface area contributed by atoms with Gasteiger partial charge in [0.05, 0.1) is 22.1 Å².